The number of aromatic nitrogens is 3. The fraction of sp³-hybridized carbons (Fsp3) is 0.240. The van der Waals surface area contributed by atoms with E-state index >= 15 is 4.39 Å². The van der Waals surface area contributed by atoms with Gasteiger partial charge in [-0.15, -0.1) is 0 Å². The highest BCUT2D eigenvalue weighted by molar-refractivity contribution is 5.98. The second-order valence-electron chi connectivity index (χ2n) is 8.01. The van der Waals surface area contributed by atoms with Crippen molar-refractivity contribution in [3.05, 3.63) is 83.1 Å². The van der Waals surface area contributed by atoms with Crippen LogP contribution in [0, 0.1) is 5.82 Å². The monoisotopic (exact) mass is 417 g/mol. The lowest BCUT2D eigenvalue weighted by Gasteiger charge is -2.20. The van der Waals surface area contributed by atoms with Gasteiger partial charge < -0.3 is 4.90 Å². The highest BCUT2D eigenvalue weighted by Crippen LogP contribution is 2.45. The molecule has 1 saturated carbocycles. The van der Waals surface area contributed by atoms with E-state index in [2.05, 4.69) is 10.1 Å². The summed E-state index contributed by atoms with van der Waals surface area (Å²) in [4.78, 5) is 18.1. The van der Waals surface area contributed by atoms with Crippen LogP contribution in [0.3, 0.4) is 0 Å². The molecule has 2 aromatic carbocycles. The lowest BCUT2D eigenvalue weighted by Crippen LogP contribution is -2.24. The summed E-state index contributed by atoms with van der Waals surface area (Å²) in [6.07, 6.45) is 4.63. The minimum absolute atomic E-state index is 0.0398. The molecule has 1 amide bonds. The molecule has 0 unspecified atom stereocenters. The molecule has 1 fully saturated rings. The third-order valence-electron chi connectivity index (χ3n) is 5.95. The number of benzene rings is 2. The molecule has 0 bridgehead atoms. The highest BCUT2D eigenvalue weighted by Gasteiger charge is 2.33. The number of nitrogens with zero attached hydrogens (tertiary/aromatic N) is 4. The van der Waals surface area contributed by atoms with Crippen molar-refractivity contribution in [2.24, 2.45) is 6.98 Å². The summed E-state index contributed by atoms with van der Waals surface area (Å²) in [5, 5.41) is 4.75. The van der Waals surface area contributed by atoms with E-state index in [-0.39, 0.29) is 29.3 Å². The SMILES string of the molecule is [2H]C1([2H])c2ncccc2C(=O)N1Cc1c(F)cc(-c2cccc3nn(C([2H])([2H])[2H])cc23)cc1C1CC1. The molecule has 5 nitrogen and oxygen atoms in total. The van der Waals surface area contributed by atoms with Crippen LogP contribution in [0.25, 0.3) is 22.0 Å². The third-order valence-corrected chi connectivity index (χ3v) is 5.95. The first kappa shape index (κ1) is 13.7. The van der Waals surface area contributed by atoms with Gasteiger partial charge in [0.2, 0.25) is 0 Å². The quantitative estimate of drug-likeness (QED) is 0.479. The number of halogens is 1. The van der Waals surface area contributed by atoms with E-state index in [1.807, 2.05) is 6.07 Å². The van der Waals surface area contributed by atoms with Gasteiger partial charge in [-0.25, -0.2) is 4.39 Å². The smallest absolute Gasteiger partial charge is 0.256 e. The third kappa shape index (κ3) is 3.02. The highest BCUT2D eigenvalue weighted by atomic mass is 19.1. The maximum atomic E-state index is 15.8. The van der Waals surface area contributed by atoms with E-state index in [0.29, 0.717) is 22.0 Å². The van der Waals surface area contributed by atoms with Gasteiger partial charge in [0, 0.05) is 41.0 Å². The molecule has 0 N–H and O–H groups in total. The van der Waals surface area contributed by atoms with E-state index in [9.17, 15) is 4.79 Å². The average Bonchev–Trinajstić information content (AvgIpc) is 3.54. The summed E-state index contributed by atoms with van der Waals surface area (Å²) in [7, 11) is 0. The number of pyridine rings is 1. The Bertz CT molecular complexity index is 1540. The average molecular weight is 417 g/mol. The maximum absolute atomic E-state index is 15.8. The zero-order valence-electron chi connectivity index (χ0n) is 21.5. The number of hydrogen-bond acceptors (Lipinski definition) is 3. The van der Waals surface area contributed by atoms with Gasteiger partial charge in [0.1, 0.15) is 5.82 Å². The van der Waals surface area contributed by atoms with Gasteiger partial charge in [-0.3, -0.25) is 14.5 Å². The van der Waals surface area contributed by atoms with Crippen molar-refractivity contribution in [3.63, 3.8) is 0 Å². The van der Waals surface area contributed by atoms with Gasteiger partial charge in [-0.2, -0.15) is 5.10 Å². The van der Waals surface area contributed by atoms with Crippen LogP contribution in [0.4, 0.5) is 4.39 Å². The van der Waals surface area contributed by atoms with Crippen molar-refractivity contribution in [1.82, 2.24) is 19.7 Å². The Balaban J connectivity index is 1.44. The molecule has 6 rings (SSSR count). The van der Waals surface area contributed by atoms with Crippen molar-refractivity contribution in [3.8, 4) is 11.1 Å². The van der Waals surface area contributed by atoms with Crippen molar-refractivity contribution in [2.75, 3.05) is 0 Å². The van der Waals surface area contributed by atoms with E-state index in [1.54, 1.807) is 24.3 Å². The number of carbonyl (C=O) groups excluding carboxylic acids is 1. The molecule has 1 aliphatic heterocycles. The van der Waals surface area contributed by atoms with Gasteiger partial charge in [0.25, 0.3) is 5.91 Å². The molecule has 154 valence electrons. The number of fused-ring (bicyclic) bond motifs is 2. The first-order valence-electron chi connectivity index (χ1n) is 12.6. The molecule has 3 heterocycles. The minimum Gasteiger partial charge on any atom is -0.328 e. The largest absolute Gasteiger partial charge is 0.328 e. The molecule has 4 aromatic rings. The Morgan fingerprint density at radius 3 is 2.90 bits per heavy atom. The Kier molecular flexibility index (Phi) is 2.98. The van der Waals surface area contributed by atoms with E-state index in [1.165, 1.54) is 24.5 Å². The molecule has 2 aliphatic rings. The summed E-state index contributed by atoms with van der Waals surface area (Å²) in [6, 6.07) is 11.6. The van der Waals surface area contributed by atoms with Crippen LogP contribution in [0.15, 0.2) is 54.9 Å². The fourth-order valence-corrected chi connectivity index (χ4v) is 4.29. The number of rotatable bonds is 4. The fourth-order valence-electron chi connectivity index (χ4n) is 4.29. The van der Waals surface area contributed by atoms with Gasteiger partial charge in [-0.05, 0) is 59.7 Å². The number of aryl methyl sites for hydroxylation is 1. The predicted molar refractivity (Wildman–Crippen MR) is 116 cm³/mol. The topological polar surface area (TPSA) is 51.0 Å². The maximum Gasteiger partial charge on any atom is 0.256 e. The van der Waals surface area contributed by atoms with Crippen LogP contribution in [-0.2, 0) is 20.0 Å². The van der Waals surface area contributed by atoms with Crippen LogP contribution in [0.1, 0.15) is 52.8 Å². The van der Waals surface area contributed by atoms with Crippen molar-refractivity contribution in [1.29, 1.82) is 0 Å². The number of amides is 1. The standard InChI is InChI=1S/C25H21FN4O/c1-29-12-21-17(4-2-6-23(21)28-29)16-10-19(15-7-8-15)20(22(26)11-16)13-30-14-24-18(25(30)31)5-3-9-27-24/h2-6,9-12,15H,7-8,13-14H2,1H3/i1D3,14D2. The van der Waals surface area contributed by atoms with E-state index in [4.69, 9.17) is 6.85 Å². The summed E-state index contributed by atoms with van der Waals surface area (Å²) >= 11 is 0. The first-order valence-corrected chi connectivity index (χ1v) is 10.1. The molecule has 0 radical (unpaired) electrons. The number of hydrogen-bond donors (Lipinski definition) is 0. The molecule has 6 heteroatoms. The summed E-state index contributed by atoms with van der Waals surface area (Å²) in [5.74, 6) is -0.944. The van der Waals surface area contributed by atoms with Gasteiger partial charge in [0.05, 0.1) is 26.0 Å². The molecular weight excluding hydrogens is 391 g/mol. The van der Waals surface area contributed by atoms with Gasteiger partial charge in [-0.1, -0.05) is 18.2 Å². The second-order valence-corrected chi connectivity index (χ2v) is 8.01. The Labute approximate surface area is 186 Å². The Hall–Kier alpha value is -3.54. The zero-order chi connectivity index (χ0) is 25.4. The molecule has 1 aliphatic carbocycles. The lowest BCUT2D eigenvalue weighted by molar-refractivity contribution is 0.0764. The summed E-state index contributed by atoms with van der Waals surface area (Å²) < 4.78 is 56.7. The van der Waals surface area contributed by atoms with Crippen molar-refractivity contribution < 1.29 is 16.0 Å². The van der Waals surface area contributed by atoms with Crippen LogP contribution in [0.5, 0.6) is 0 Å². The van der Waals surface area contributed by atoms with Gasteiger partial charge in [0.15, 0.2) is 0 Å². The summed E-state index contributed by atoms with van der Waals surface area (Å²) in [6.45, 7) is -4.81. The van der Waals surface area contributed by atoms with Crippen LogP contribution in [0.2, 0.25) is 0 Å². The molecule has 0 spiro atoms. The molecule has 31 heavy (non-hydrogen) atoms. The van der Waals surface area contributed by atoms with Crippen LogP contribution < -0.4 is 0 Å². The Morgan fingerprint density at radius 2 is 2.10 bits per heavy atom. The van der Waals surface area contributed by atoms with E-state index < -0.39 is 25.2 Å². The normalized spacial score (nSPS) is 20.1. The first-order chi connectivity index (χ1) is 17.1. The van der Waals surface area contributed by atoms with Crippen LogP contribution in [-0.4, -0.2) is 25.6 Å². The van der Waals surface area contributed by atoms with Crippen molar-refractivity contribution in [2.45, 2.75) is 31.8 Å². The molecule has 2 aromatic heterocycles. The molecular formula is C25H21FN4O. The minimum atomic E-state index is -2.43. The molecule has 0 saturated heterocycles. The Morgan fingerprint density at radius 1 is 1.23 bits per heavy atom. The van der Waals surface area contributed by atoms with Crippen molar-refractivity contribution >= 4 is 16.8 Å². The molecule has 0 atom stereocenters. The van der Waals surface area contributed by atoms with Gasteiger partial charge >= 0.3 is 0 Å². The second kappa shape index (κ2) is 6.74. The van der Waals surface area contributed by atoms with E-state index in [0.717, 1.165) is 28.0 Å². The lowest BCUT2D eigenvalue weighted by atomic mass is 9.94. The predicted octanol–water partition coefficient (Wildman–Crippen LogP) is 4.81. The number of carbonyl (C=O) groups is 1. The zero-order valence-corrected chi connectivity index (χ0v) is 16.5. The summed E-state index contributed by atoms with van der Waals surface area (Å²) in [5.41, 5.74) is 2.97. The van der Waals surface area contributed by atoms with Crippen LogP contribution >= 0.6 is 0 Å².